The van der Waals surface area contributed by atoms with Crippen LogP contribution in [0.2, 0.25) is 0 Å². The van der Waals surface area contributed by atoms with Crippen LogP contribution >= 0.6 is 70.2 Å². The van der Waals surface area contributed by atoms with E-state index in [4.69, 9.17) is 146 Å². The Labute approximate surface area is 703 Å². The highest BCUT2D eigenvalue weighted by molar-refractivity contribution is 7.71. The van der Waals surface area contributed by atoms with Gasteiger partial charge in [0.1, 0.15) is 88.9 Å². The van der Waals surface area contributed by atoms with Crippen molar-refractivity contribution >= 4 is 150 Å². The fourth-order valence-electron chi connectivity index (χ4n) is 14.1. The van der Waals surface area contributed by atoms with Gasteiger partial charge in [0.2, 0.25) is 17.8 Å². The van der Waals surface area contributed by atoms with Crippen molar-refractivity contribution in [3.63, 3.8) is 0 Å². The molecule has 45 nitrogen and oxygen atoms in total. The van der Waals surface area contributed by atoms with Gasteiger partial charge in [-0.05, 0) is 106 Å². The Morgan fingerprint density at radius 2 is 0.842 bits per heavy atom. The van der Waals surface area contributed by atoms with Crippen LogP contribution in [0.25, 0.3) is 55.6 Å². The van der Waals surface area contributed by atoms with Crippen molar-refractivity contribution in [2.24, 2.45) is 28.7 Å². The highest BCUT2D eigenvalue weighted by Gasteiger charge is 2.61. The minimum absolute atomic E-state index is 0.0176. The van der Waals surface area contributed by atoms with Crippen LogP contribution in [0.4, 0.5) is 28.2 Å². The first-order chi connectivity index (χ1) is 56.5. The lowest BCUT2D eigenvalue weighted by atomic mass is 9.90. The second-order valence-corrected chi connectivity index (χ2v) is 29.6. The number of aryl methyl sites for hydroxylation is 1. The summed E-state index contributed by atoms with van der Waals surface area (Å²) >= 11 is 32.6. The van der Waals surface area contributed by atoms with Crippen LogP contribution in [0.15, 0.2) is 58.0 Å². The highest BCUT2D eigenvalue weighted by Crippen LogP contribution is 2.45. The Balaban J connectivity index is 0.000000147. The third-order valence-corrected chi connectivity index (χ3v) is 20.8. The maximum absolute atomic E-state index is 14.3. The lowest BCUT2D eigenvalue weighted by molar-refractivity contribution is -0.0757. The van der Waals surface area contributed by atoms with Crippen LogP contribution < -0.4 is 68.3 Å². The molecule has 120 heavy (non-hydrogen) atoms. The largest absolute Gasteiger partial charge is 0.391 e. The molecule has 10 aromatic heterocycles. The average Bonchev–Trinajstić information content (AvgIpc) is 1.60. The predicted molar refractivity (Wildman–Crippen MR) is 430 cm³/mol. The molecule has 5 unspecified atom stereocenters. The number of rotatable bonds is 10. The lowest BCUT2D eigenvalue weighted by Crippen LogP contribution is -2.54. The molecule has 15 heterocycles. The van der Waals surface area contributed by atoms with Crippen LogP contribution in [-0.2, 0) is 23.7 Å². The van der Waals surface area contributed by atoms with E-state index >= 15 is 0 Å². The number of ether oxygens (including phenoxy) is 5. The maximum atomic E-state index is 14.3. The van der Waals surface area contributed by atoms with Crippen LogP contribution in [-0.4, -0.2) is 258 Å². The summed E-state index contributed by atoms with van der Waals surface area (Å²) in [5, 5.41) is 112. The fourth-order valence-corrected chi connectivity index (χ4v) is 15.2. The van der Waals surface area contributed by atoms with Crippen molar-refractivity contribution in [1.82, 2.24) is 87.6 Å². The number of anilines is 4. The van der Waals surface area contributed by atoms with Crippen LogP contribution in [0.3, 0.4) is 0 Å². The summed E-state index contributed by atoms with van der Waals surface area (Å²) in [6.07, 6.45) is -13.9. The van der Waals surface area contributed by atoms with Crippen molar-refractivity contribution in [3.05, 3.63) is 91.0 Å². The Kier molecular flexibility index (Phi) is 26.7. The summed E-state index contributed by atoms with van der Waals surface area (Å²) in [4.78, 5) is 82.2. The number of aliphatic hydroxyl groups is 10. The number of nitrogens with one attached hydrogen (secondary N) is 4. The average molecular weight is 1790 g/mol. The van der Waals surface area contributed by atoms with Gasteiger partial charge in [0, 0.05) is 39.3 Å². The molecule has 5 fully saturated rings. The molecule has 15 rings (SSSR count). The second kappa shape index (κ2) is 35.3. The van der Waals surface area contributed by atoms with E-state index in [9.17, 15) is 69.8 Å². The topological polar surface area (TPSA) is 738 Å². The number of imidazole rings is 3. The first-order valence-corrected chi connectivity index (χ1v) is 37.5. The van der Waals surface area contributed by atoms with Crippen molar-refractivity contribution in [2.75, 3.05) is 22.9 Å². The molecule has 0 bridgehead atoms. The van der Waals surface area contributed by atoms with Gasteiger partial charge in [0.05, 0.1) is 61.1 Å². The third kappa shape index (κ3) is 16.4. The van der Waals surface area contributed by atoms with Crippen molar-refractivity contribution < 1.29 is 79.1 Å². The van der Waals surface area contributed by atoms with Crippen LogP contribution in [0.1, 0.15) is 71.6 Å². The summed E-state index contributed by atoms with van der Waals surface area (Å²) in [5.74, 6) is 12.0. The fraction of sp³-hybridized carbons (Fsp3) is 0.456. The van der Waals surface area contributed by atoms with Crippen LogP contribution in [0.5, 0.6) is 0 Å². The highest BCUT2D eigenvalue weighted by atomic mass is 35.5. The van der Waals surface area contributed by atoms with E-state index in [0.717, 1.165) is 6.20 Å². The van der Waals surface area contributed by atoms with E-state index in [-0.39, 0.29) is 67.5 Å². The molecule has 52 heteroatoms. The molecule has 0 spiro atoms. The summed E-state index contributed by atoms with van der Waals surface area (Å²) < 4.78 is 50.0. The van der Waals surface area contributed by atoms with Crippen LogP contribution in [0, 0.1) is 73.9 Å². The molecule has 0 saturated carbocycles. The third-order valence-electron chi connectivity index (χ3n) is 20.0. The molecule has 0 aromatic carbocycles. The molecule has 0 radical (unpaired) electrons. The van der Waals surface area contributed by atoms with Crippen molar-refractivity contribution in [1.29, 1.82) is 0 Å². The normalized spacial score (nSPS) is 31.0. The lowest BCUT2D eigenvalue weighted by Gasteiger charge is -2.28. The van der Waals surface area contributed by atoms with E-state index < -0.39 is 173 Å². The number of nitrogens with zero attached hydrogens (tertiary/aromatic N) is 14. The standard InChI is InChI=1S/C15H16ClFN4O4.C14H16ClN5O4.C13H15ClN6O4.C13H15ClN6O3S.C13H15ClN6O3/c1-6(22)10-11(23)15(18,3-4-16)14(25-10)21-5-8(17)9-12(21)19-7(2)20-13(9)24;1-6(21)8-9(22)14(17,3-4-15)12(24-8)20-5-2-7-10(20)18-13(16)19-11(7)23;1-5(21)7-8(22)13(16,2-3-14)11(24-7)20-4-17-6-9(20)18-12(15)19-10(6)23;1-5(21)7-8(22)13(16,2-3-14)11(23-7)20-4-17-6-9(20)18-12(15)19-10(6)24;1-6(21)8-9(22)13(16,2-3-14)11(23-8)20-5-18-7-4-17-12(15)19-10(7)20/h5-6,10-11,14,22-23H,18H2,1-2H3,(H,19,20,24);2,5-6,8-9,12,21-22H,17H2,1H3,(H3,16,18,19,23);4-5,7-8,11,21-22H,16H2,1H3,(H3,15,18,19,23);4-5,7-8,11,21-22H,16H2,1H3,(H3,15,18,19,24);4-6,8-9,11,21-22H,16H2,1H3,(H2,15,17,19)/t6-,10-,11+,14-,15?;6-,8-,9+,12-,14?;2*5-,7-,8+,11-,13?;6-,8-,9+,11-,13?/m11111/s1. The second-order valence-electron chi connectivity index (χ2n) is 28.2. The number of H-pyrrole nitrogens is 4. The smallest absolute Gasteiger partial charge is 0.280 e. The molecule has 32 N–H and O–H groups in total. The molecule has 0 amide bonds. The zero-order valence-electron chi connectivity index (χ0n) is 63.0. The Morgan fingerprint density at radius 3 is 1.28 bits per heavy atom. The van der Waals surface area contributed by atoms with Gasteiger partial charge in [-0.15, -0.1) is 0 Å². The van der Waals surface area contributed by atoms with E-state index in [1.807, 2.05) is 0 Å². The molecule has 0 aliphatic carbocycles. The minimum Gasteiger partial charge on any atom is -0.391 e. The van der Waals surface area contributed by atoms with E-state index in [0.29, 0.717) is 22.3 Å². The molecule has 5 aliphatic heterocycles. The summed E-state index contributed by atoms with van der Waals surface area (Å²) in [7, 11) is 0. The van der Waals surface area contributed by atoms with Gasteiger partial charge in [-0.1, -0.05) is 41.8 Å². The van der Waals surface area contributed by atoms with Crippen molar-refractivity contribution in [3.8, 4) is 56.5 Å². The summed E-state index contributed by atoms with van der Waals surface area (Å²) in [6, 6.07) is 1.51. The number of halogens is 6. The number of aliphatic hydroxyl groups excluding tert-OH is 10. The van der Waals surface area contributed by atoms with Gasteiger partial charge in [0.15, 0.2) is 103 Å². The Morgan fingerprint density at radius 1 is 0.467 bits per heavy atom. The molecular formula is C68H77Cl5FN27O18S. The van der Waals surface area contributed by atoms with Gasteiger partial charge < -0.3 is 141 Å². The number of aromatic nitrogens is 18. The number of nitrogen functional groups attached to an aromatic ring is 4. The molecule has 10 aromatic rings. The van der Waals surface area contributed by atoms with Gasteiger partial charge in [0.25, 0.3) is 16.7 Å². The number of aromatic amines is 4. The molecule has 5 saturated heterocycles. The number of hydrogen-bond donors (Lipinski definition) is 23. The van der Waals surface area contributed by atoms with E-state index in [2.05, 4.69) is 121 Å². The number of hydrogen-bond acceptors (Lipinski definition) is 37. The van der Waals surface area contributed by atoms with Gasteiger partial charge >= 0.3 is 0 Å². The number of fused-ring (bicyclic) bond motifs is 5. The van der Waals surface area contributed by atoms with E-state index in [1.54, 1.807) is 0 Å². The quantitative estimate of drug-likeness (QED) is 0.0452. The van der Waals surface area contributed by atoms with Gasteiger partial charge in [-0.25, -0.2) is 34.3 Å². The number of nitrogens with two attached hydrogens (primary N) is 9. The maximum Gasteiger partial charge on any atom is 0.280 e. The van der Waals surface area contributed by atoms with Crippen molar-refractivity contribution in [2.45, 2.75) is 192 Å². The zero-order valence-corrected chi connectivity index (χ0v) is 67.6. The first-order valence-electron chi connectivity index (χ1n) is 35.2. The molecule has 25 atom stereocenters. The monoisotopic (exact) mass is 1790 g/mol. The first kappa shape index (κ1) is 90.8. The van der Waals surface area contributed by atoms with E-state index in [1.165, 1.54) is 102 Å². The molecule has 5 aliphatic rings. The molecular weight excluding hydrogens is 1710 g/mol. The van der Waals surface area contributed by atoms with Gasteiger partial charge in [-0.2, -0.15) is 15.0 Å². The minimum atomic E-state index is -1.75. The predicted octanol–water partition coefficient (Wildman–Crippen LogP) is -4.66. The molecule has 640 valence electrons. The summed E-state index contributed by atoms with van der Waals surface area (Å²) in [5.41, 5.74) is 45.8. The Hall–Kier alpha value is -9.91. The van der Waals surface area contributed by atoms with Gasteiger partial charge in [-0.3, -0.25) is 42.6 Å². The zero-order chi connectivity index (χ0) is 88.2. The Bertz CT molecular complexity index is 5800. The summed E-state index contributed by atoms with van der Waals surface area (Å²) in [6.45, 7) is 8.81. The SMILES string of the molecule is C[C@@H](O)[C@H]1O[C@@H](n2ccc3c(=O)[nH]c(N)nc32)C(N)(C#CCl)[C@H]1O.C[C@@H](O)[C@H]1O[C@@H](n2cnc3c(=O)[nH]c(N)nc32)C(N)(C#CCl)[C@H]1O.C[C@@H](O)[C@H]1O[C@@H](n2cnc3c(=S)nc(N)[nH]c32)C(N)(C#CCl)[C@H]1O.C[C@@H](O)[C@H]1O[C@@H](n2cnc3cnc(N)nc32)C(N)(C#CCl)[C@H]1O.Cc1nc2c(c(F)cn2[C@@H]2O[C@H]([C@@H](C)O)[C@H](O)C2(N)C#CCl)c(=O)[nH]1.